The molecule has 0 saturated heterocycles. The third-order valence-corrected chi connectivity index (χ3v) is 8.60. The Hall–Kier alpha value is -5.84. The molecule has 0 fully saturated rings. The first-order chi connectivity index (χ1) is 24.9. The van der Waals surface area contributed by atoms with E-state index in [0.29, 0.717) is 12.8 Å². The first kappa shape index (κ1) is 35.0. The maximum Gasteiger partial charge on any atom is 0.164 e. The Balaban J connectivity index is 1.18. The van der Waals surface area contributed by atoms with Crippen LogP contribution in [0.15, 0.2) is 145 Å². The van der Waals surface area contributed by atoms with Crippen molar-refractivity contribution in [1.82, 2.24) is 0 Å². The number of rotatable bonds is 16. The van der Waals surface area contributed by atoms with Gasteiger partial charge < -0.3 is 49.7 Å². The molecule has 0 saturated carbocycles. The van der Waals surface area contributed by atoms with Crippen LogP contribution in [0.4, 0.5) is 22.7 Å². The first-order valence-electron chi connectivity index (χ1n) is 16.6. The molecule has 51 heavy (non-hydrogen) atoms. The van der Waals surface area contributed by atoms with E-state index in [9.17, 15) is 0 Å². The maximum absolute atomic E-state index is 6.62. The summed E-state index contributed by atoms with van der Waals surface area (Å²) in [6.07, 6.45) is 13.3. The largest absolute Gasteiger partial charge is 0.497 e. The molecule has 10 nitrogen and oxygen atoms in total. The van der Waals surface area contributed by atoms with Crippen LogP contribution in [0.3, 0.4) is 0 Å². The summed E-state index contributed by atoms with van der Waals surface area (Å²) in [7, 11) is 6.62. The van der Waals surface area contributed by atoms with Crippen molar-refractivity contribution in [3.8, 4) is 23.0 Å². The number of ether oxygens (including phenoxy) is 6. The molecule has 4 N–H and O–H groups in total. The van der Waals surface area contributed by atoms with Gasteiger partial charge in [-0.3, -0.25) is 0 Å². The molecular weight excluding hydrogens is 644 g/mol. The number of methoxy groups -OCH3 is 4. The summed E-state index contributed by atoms with van der Waals surface area (Å²) < 4.78 is 34.6. The molecule has 6 rings (SSSR count). The van der Waals surface area contributed by atoms with Gasteiger partial charge in [-0.15, -0.1) is 0 Å². The van der Waals surface area contributed by atoms with Gasteiger partial charge in [0.05, 0.1) is 28.4 Å². The molecule has 2 unspecified atom stereocenters. The lowest BCUT2D eigenvalue weighted by atomic mass is 10.0. The van der Waals surface area contributed by atoms with Crippen molar-refractivity contribution in [3.63, 3.8) is 0 Å². The number of anilines is 4. The predicted octanol–water partition coefficient (Wildman–Crippen LogP) is 8.54. The summed E-state index contributed by atoms with van der Waals surface area (Å²) >= 11 is 0. The first-order valence-corrected chi connectivity index (χ1v) is 16.6. The highest BCUT2D eigenvalue weighted by molar-refractivity contribution is 5.57. The average molecular weight is 689 g/mol. The van der Waals surface area contributed by atoms with E-state index >= 15 is 0 Å². The van der Waals surface area contributed by atoms with Crippen LogP contribution in [-0.2, 0) is 9.47 Å². The van der Waals surface area contributed by atoms with E-state index in [1.54, 1.807) is 28.4 Å². The molecule has 0 bridgehead atoms. The minimum Gasteiger partial charge on any atom is -0.497 e. The van der Waals surface area contributed by atoms with E-state index in [-0.39, 0.29) is 6.79 Å². The monoisotopic (exact) mass is 688 g/mol. The SMILES string of the molecule is COc1ccc(NC2=CCC(Nc3ccc(OC)cc3)(OCOC3(Nc4ccc(OC)cc4)C=CC(Nc4ccc(OC)cc4)=CC3)C=C2)cc1. The van der Waals surface area contributed by atoms with Gasteiger partial charge in [0, 0.05) is 47.0 Å². The van der Waals surface area contributed by atoms with Gasteiger partial charge >= 0.3 is 0 Å². The molecule has 0 aliphatic heterocycles. The van der Waals surface area contributed by atoms with Crippen LogP contribution in [0, 0.1) is 0 Å². The molecule has 2 aliphatic carbocycles. The molecule has 2 aliphatic rings. The Morgan fingerprint density at radius 2 is 0.765 bits per heavy atom. The fourth-order valence-electron chi connectivity index (χ4n) is 5.66. The Morgan fingerprint density at radius 1 is 0.451 bits per heavy atom. The quantitative estimate of drug-likeness (QED) is 0.0857. The topological polar surface area (TPSA) is 104 Å². The summed E-state index contributed by atoms with van der Waals surface area (Å²) in [6.45, 7) is -0.0227. The molecule has 0 heterocycles. The highest BCUT2D eigenvalue weighted by Crippen LogP contribution is 2.33. The second-order valence-electron chi connectivity index (χ2n) is 12.0. The zero-order valence-corrected chi connectivity index (χ0v) is 29.3. The smallest absolute Gasteiger partial charge is 0.164 e. The second kappa shape index (κ2) is 16.2. The van der Waals surface area contributed by atoms with E-state index < -0.39 is 11.4 Å². The standard InChI is InChI=1S/C41H44N4O6/c1-46-36-13-5-30(6-14-36)42-32-21-25-40(26-22-32,44-34-9-17-38(48-3)18-10-34)50-29-51-41(45-35-11-19-39(49-4)20-12-35)27-23-33(24-28-41)43-31-7-15-37(47-2)16-8-31/h5-25,27,42-45H,26,28-29H2,1-4H3. The van der Waals surface area contributed by atoms with Crippen LogP contribution in [0.5, 0.6) is 23.0 Å². The van der Waals surface area contributed by atoms with Crippen molar-refractivity contribution >= 4 is 22.7 Å². The zero-order chi connectivity index (χ0) is 35.5. The van der Waals surface area contributed by atoms with Crippen LogP contribution in [0.1, 0.15) is 12.8 Å². The van der Waals surface area contributed by atoms with E-state index in [2.05, 4.69) is 33.4 Å². The zero-order valence-electron chi connectivity index (χ0n) is 29.3. The molecule has 0 amide bonds. The molecular formula is C41H44N4O6. The number of hydrogen-bond donors (Lipinski definition) is 4. The average Bonchev–Trinajstić information content (AvgIpc) is 3.18. The number of nitrogens with one attached hydrogen (secondary N) is 4. The molecule has 0 aromatic heterocycles. The van der Waals surface area contributed by atoms with Gasteiger partial charge in [0.15, 0.2) is 18.2 Å². The number of allylic oxidation sites excluding steroid dienone is 2. The minimum absolute atomic E-state index is 0.0227. The van der Waals surface area contributed by atoms with E-state index in [0.717, 1.165) is 57.1 Å². The van der Waals surface area contributed by atoms with Crippen LogP contribution in [-0.4, -0.2) is 46.7 Å². The van der Waals surface area contributed by atoms with Gasteiger partial charge in [0.1, 0.15) is 23.0 Å². The predicted molar refractivity (Wildman–Crippen MR) is 203 cm³/mol. The van der Waals surface area contributed by atoms with Crippen LogP contribution >= 0.6 is 0 Å². The van der Waals surface area contributed by atoms with E-state index in [1.807, 2.05) is 121 Å². The molecule has 0 spiro atoms. The van der Waals surface area contributed by atoms with Crippen molar-refractivity contribution in [1.29, 1.82) is 0 Å². The van der Waals surface area contributed by atoms with Crippen LogP contribution < -0.4 is 40.2 Å². The molecule has 0 radical (unpaired) electrons. The lowest BCUT2D eigenvalue weighted by Gasteiger charge is -2.38. The maximum atomic E-state index is 6.62. The van der Waals surface area contributed by atoms with Crippen molar-refractivity contribution in [2.24, 2.45) is 0 Å². The summed E-state index contributed by atoms with van der Waals surface area (Å²) in [4.78, 5) is 0. The summed E-state index contributed by atoms with van der Waals surface area (Å²) in [5, 5.41) is 14.1. The van der Waals surface area contributed by atoms with Gasteiger partial charge in [-0.2, -0.15) is 0 Å². The van der Waals surface area contributed by atoms with Gasteiger partial charge in [-0.05, 0) is 121 Å². The van der Waals surface area contributed by atoms with Crippen molar-refractivity contribution in [2.75, 3.05) is 56.5 Å². The minimum atomic E-state index is -0.893. The summed E-state index contributed by atoms with van der Waals surface area (Å²) in [5.74, 6) is 3.15. The van der Waals surface area contributed by atoms with Crippen molar-refractivity contribution < 1.29 is 28.4 Å². The fourth-order valence-corrected chi connectivity index (χ4v) is 5.66. The normalized spacial score (nSPS) is 19.3. The Bertz CT molecular complexity index is 1720. The number of hydrogen-bond acceptors (Lipinski definition) is 10. The molecule has 10 heteroatoms. The van der Waals surface area contributed by atoms with Crippen LogP contribution in [0.2, 0.25) is 0 Å². The third kappa shape index (κ3) is 9.24. The Kier molecular flexibility index (Phi) is 11.1. The van der Waals surface area contributed by atoms with Gasteiger partial charge in [0.2, 0.25) is 0 Å². The molecule has 4 aromatic rings. The molecule has 2 atom stereocenters. The molecule has 264 valence electrons. The second-order valence-corrected chi connectivity index (χ2v) is 12.0. The Morgan fingerprint density at radius 3 is 1.04 bits per heavy atom. The van der Waals surface area contributed by atoms with Crippen LogP contribution in [0.25, 0.3) is 0 Å². The van der Waals surface area contributed by atoms with Gasteiger partial charge in [-0.25, -0.2) is 0 Å². The highest BCUT2D eigenvalue weighted by Gasteiger charge is 2.34. The van der Waals surface area contributed by atoms with Gasteiger partial charge in [0.25, 0.3) is 0 Å². The Labute approximate surface area is 299 Å². The fraction of sp³-hybridized carbons (Fsp3) is 0.220. The van der Waals surface area contributed by atoms with E-state index in [1.165, 1.54) is 0 Å². The highest BCUT2D eigenvalue weighted by atomic mass is 16.7. The lowest BCUT2D eigenvalue weighted by molar-refractivity contribution is -0.150. The summed E-state index contributed by atoms with van der Waals surface area (Å²) in [5.41, 5.74) is 3.78. The number of benzene rings is 4. The molecule has 4 aromatic carbocycles. The van der Waals surface area contributed by atoms with Crippen molar-refractivity contribution in [2.45, 2.75) is 24.3 Å². The van der Waals surface area contributed by atoms with E-state index in [4.69, 9.17) is 28.4 Å². The summed E-state index contributed by atoms with van der Waals surface area (Å²) in [6, 6.07) is 31.1. The third-order valence-electron chi connectivity index (χ3n) is 8.60. The lowest BCUT2D eigenvalue weighted by Crippen LogP contribution is -2.45. The van der Waals surface area contributed by atoms with Crippen molar-refractivity contribution in [3.05, 3.63) is 145 Å². The van der Waals surface area contributed by atoms with Gasteiger partial charge in [-0.1, -0.05) is 12.2 Å².